The van der Waals surface area contributed by atoms with Crippen LogP contribution in [-0.2, 0) is 4.74 Å². The van der Waals surface area contributed by atoms with Crippen LogP contribution in [0.5, 0.6) is 0 Å². The van der Waals surface area contributed by atoms with Crippen LogP contribution in [0.4, 0.5) is 0 Å². The molecule has 0 radical (unpaired) electrons. The number of rotatable bonds is 6. The van der Waals surface area contributed by atoms with E-state index in [2.05, 4.69) is 11.9 Å². The standard InChI is InChI=1S/C16H18ClNO3/c1-10(2)9-20-7-6-18-16(19)15-11(3)13-8-12(17)4-5-14(13)21-15/h4-5,8H,1,6-7,9H2,2-3H3,(H,18,19). The Kier molecular flexibility index (Phi) is 5.04. The highest BCUT2D eigenvalue weighted by molar-refractivity contribution is 6.31. The van der Waals surface area contributed by atoms with Crippen molar-refractivity contribution >= 4 is 28.5 Å². The number of furan rings is 1. The molecule has 21 heavy (non-hydrogen) atoms. The predicted molar refractivity (Wildman–Crippen MR) is 83.9 cm³/mol. The molecule has 0 aliphatic rings. The van der Waals surface area contributed by atoms with Gasteiger partial charge < -0.3 is 14.5 Å². The molecule has 0 atom stereocenters. The second-order valence-electron chi connectivity index (χ2n) is 4.96. The van der Waals surface area contributed by atoms with E-state index in [0.717, 1.165) is 16.5 Å². The molecule has 0 aliphatic heterocycles. The van der Waals surface area contributed by atoms with Gasteiger partial charge in [-0.1, -0.05) is 23.8 Å². The molecule has 0 fully saturated rings. The van der Waals surface area contributed by atoms with Crippen LogP contribution in [0, 0.1) is 6.92 Å². The van der Waals surface area contributed by atoms with Gasteiger partial charge in [0.05, 0.1) is 13.2 Å². The predicted octanol–water partition coefficient (Wildman–Crippen LogP) is 3.72. The molecule has 0 aliphatic carbocycles. The number of aryl methyl sites for hydroxylation is 1. The summed E-state index contributed by atoms with van der Waals surface area (Å²) in [4.78, 5) is 12.1. The quantitative estimate of drug-likeness (QED) is 0.653. The van der Waals surface area contributed by atoms with Crippen molar-refractivity contribution in [2.45, 2.75) is 13.8 Å². The molecule has 1 N–H and O–H groups in total. The van der Waals surface area contributed by atoms with E-state index in [1.807, 2.05) is 13.8 Å². The van der Waals surface area contributed by atoms with E-state index >= 15 is 0 Å². The fourth-order valence-electron chi connectivity index (χ4n) is 1.97. The number of hydrogen-bond acceptors (Lipinski definition) is 3. The Balaban J connectivity index is 1.99. The minimum atomic E-state index is -0.251. The first-order valence-corrected chi connectivity index (χ1v) is 7.06. The summed E-state index contributed by atoms with van der Waals surface area (Å²) >= 11 is 5.96. The topological polar surface area (TPSA) is 51.5 Å². The molecule has 2 rings (SSSR count). The van der Waals surface area contributed by atoms with Crippen molar-refractivity contribution in [3.05, 3.63) is 46.7 Å². The van der Waals surface area contributed by atoms with Crippen molar-refractivity contribution in [2.24, 2.45) is 0 Å². The van der Waals surface area contributed by atoms with Crippen molar-refractivity contribution in [3.8, 4) is 0 Å². The van der Waals surface area contributed by atoms with Crippen LogP contribution in [-0.4, -0.2) is 25.7 Å². The number of halogens is 1. The number of fused-ring (bicyclic) bond motifs is 1. The fraction of sp³-hybridized carbons (Fsp3) is 0.312. The van der Waals surface area contributed by atoms with Crippen LogP contribution >= 0.6 is 11.6 Å². The Hall–Kier alpha value is -1.78. The first-order valence-electron chi connectivity index (χ1n) is 6.68. The number of carbonyl (C=O) groups is 1. The van der Waals surface area contributed by atoms with Gasteiger partial charge in [-0.15, -0.1) is 0 Å². The summed E-state index contributed by atoms with van der Waals surface area (Å²) in [6.45, 7) is 8.82. The molecule has 5 heteroatoms. The van der Waals surface area contributed by atoms with Crippen molar-refractivity contribution in [1.29, 1.82) is 0 Å². The molecule has 1 amide bonds. The van der Waals surface area contributed by atoms with Crippen LogP contribution in [0.1, 0.15) is 23.0 Å². The smallest absolute Gasteiger partial charge is 0.287 e. The van der Waals surface area contributed by atoms with E-state index in [4.69, 9.17) is 20.8 Å². The summed E-state index contributed by atoms with van der Waals surface area (Å²) in [5.41, 5.74) is 2.39. The van der Waals surface area contributed by atoms with Gasteiger partial charge in [-0.25, -0.2) is 0 Å². The minimum absolute atomic E-state index is 0.251. The molecular weight excluding hydrogens is 290 g/mol. The van der Waals surface area contributed by atoms with Gasteiger partial charge in [-0.3, -0.25) is 4.79 Å². The van der Waals surface area contributed by atoms with E-state index in [-0.39, 0.29) is 5.91 Å². The minimum Gasteiger partial charge on any atom is -0.451 e. The molecule has 4 nitrogen and oxygen atoms in total. The first-order chi connectivity index (χ1) is 9.99. The van der Waals surface area contributed by atoms with Gasteiger partial charge in [0.1, 0.15) is 5.58 Å². The van der Waals surface area contributed by atoms with E-state index in [1.54, 1.807) is 18.2 Å². The number of hydrogen-bond donors (Lipinski definition) is 1. The van der Waals surface area contributed by atoms with Crippen LogP contribution in [0.25, 0.3) is 11.0 Å². The summed E-state index contributed by atoms with van der Waals surface area (Å²) in [5, 5.41) is 4.24. The van der Waals surface area contributed by atoms with Gasteiger partial charge in [0.25, 0.3) is 5.91 Å². The lowest BCUT2D eigenvalue weighted by Crippen LogP contribution is -2.27. The Morgan fingerprint density at radius 2 is 2.24 bits per heavy atom. The maximum Gasteiger partial charge on any atom is 0.287 e. The molecule has 2 aromatic rings. The van der Waals surface area contributed by atoms with Crippen LogP contribution in [0.15, 0.2) is 34.8 Å². The Morgan fingerprint density at radius 3 is 2.95 bits per heavy atom. The molecular formula is C16H18ClNO3. The second kappa shape index (κ2) is 6.78. The summed E-state index contributed by atoms with van der Waals surface area (Å²) in [7, 11) is 0. The normalized spacial score (nSPS) is 10.8. The molecule has 1 aromatic heterocycles. The van der Waals surface area contributed by atoms with Crippen molar-refractivity contribution < 1.29 is 13.9 Å². The molecule has 1 aromatic carbocycles. The number of ether oxygens (including phenoxy) is 1. The number of benzene rings is 1. The number of nitrogens with one attached hydrogen (secondary N) is 1. The number of amides is 1. The van der Waals surface area contributed by atoms with Gasteiger partial charge in [-0.05, 0) is 32.0 Å². The number of carbonyl (C=O) groups excluding carboxylic acids is 1. The van der Waals surface area contributed by atoms with Gasteiger partial charge in [-0.2, -0.15) is 0 Å². The second-order valence-corrected chi connectivity index (χ2v) is 5.40. The highest BCUT2D eigenvalue weighted by atomic mass is 35.5. The summed E-state index contributed by atoms with van der Waals surface area (Å²) in [6.07, 6.45) is 0. The van der Waals surface area contributed by atoms with Gasteiger partial charge in [0, 0.05) is 22.5 Å². The third kappa shape index (κ3) is 3.86. The Bertz CT molecular complexity index is 675. The largest absolute Gasteiger partial charge is 0.451 e. The Labute approximate surface area is 128 Å². The van der Waals surface area contributed by atoms with Gasteiger partial charge >= 0.3 is 0 Å². The molecule has 112 valence electrons. The zero-order chi connectivity index (χ0) is 15.4. The summed E-state index contributed by atoms with van der Waals surface area (Å²) in [6, 6.07) is 5.29. The van der Waals surface area contributed by atoms with Crippen LogP contribution in [0.3, 0.4) is 0 Å². The van der Waals surface area contributed by atoms with E-state index in [9.17, 15) is 4.79 Å². The zero-order valence-electron chi connectivity index (χ0n) is 12.2. The third-order valence-corrected chi connectivity index (χ3v) is 3.22. The lowest BCUT2D eigenvalue weighted by Gasteiger charge is -2.05. The highest BCUT2D eigenvalue weighted by Gasteiger charge is 2.17. The lowest BCUT2D eigenvalue weighted by molar-refractivity contribution is 0.0901. The fourth-order valence-corrected chi connectivity index (χ4v) is 2.15. The average Bonchev–Trinajstić information content (AvgIpc) is 2.75. The average molecular weight is 308 g/mol. The van der Waals surface area contributed by atoms with Crippen LogP contribution in [0.2, 0.25) is 5.02 Å². The Morgan fingerprint density at radius 1 is 1.48 bits per heavy atom. The van der Waals surface area contributed by atoms with Gasteiger partial charge in [0.15, 0.2) is 5.76 Å². The van der Waals surface area contributed by atoms with E-state index < -0.39 is 0 Å². The molecule has 0 spiro atoms. The van der Waals surface area contributed by atoms with Crippen molar-refractivity contribution in [2.75, 3.05) is 19.8 Å². The summed E-state index contributed by atoms with van der Waals surface area (Å²) in [5.74, 6) is 0.0610. The van der Waals surface area contributed by atoms with Crippen molar-refractivity contribution in [1.82, 2.24) is 5.32 Å². The lowest BCUT2D eigenvalue weighted by atomic mass is 10.1. The van der Waals surface area contributed by atoms with Crippen molar-refractivity contribution in [3.63, 3.8) is 0 Å². The SMILES string of the molecule is C=C(C)COCCNC(=O)c1oc2ccc(Cl)cc2c1C. The zero-order valence-corrected chi connectivity index (χ0v) is 12.9. The monoisotopic (exact) mass is 307 g/mol. The highest BCUT2D eigenvalue weighted by Crippen LogP contribution is 2.27. The van der Waals surface area contributed by atoms with Gasteiger partial charge in [0.2, 0.25) is 0 Å². The third-order valence-electron chi connectivity index (χ3n) is 2.98. The molecule has 0 saturated heterocycles. The van der Waals surface area contributed by atoms with Crippen LogP contribution < -0.4 is 5.32 Å². The maximum absolute atomic E-state index is 12.1. The maximum atomic E-state index is 12.1. The first kappa shape index (κ1) is 15.6. The molecule has 1 heterocycles. The van der Waals surface area contributed by atoms with E-state index in [1.165, 1.54) is 0 Å². The van der Waals surface area contributed by atoms with E-state index in [0.29, 0.717) is 36.1 Å². The molecule has 0 unspecified atom stereocenters. The molecule has 0 bridgehead atoms. The molecule has 0 saturated carbocycles. The summed E-state index contributed by atoms with van der Waals surface area (Å²) < 4.78 is 10.9.